The van der Waals surface area contributed by atoms with Gasteiger partial charge in [0.15, 0.2) is 5.57 Å². The van der Waals surface area contributed by atoms with E-state index < -0.39 is 12.1 Å². The molecule has 18 heavy (non-hydrogen) atoms. The fourth-order valence-electron chi connectivity index (χ4n) is 2.29. The van der Waals surface area contributed by atoms with Crippen molar-refractivity contribution in [2.24, 2.45) is 11.8 Å². The van der Waals surface area contributed by atoms with Gasteiger partial charge in [-0.2, -0.15) is 23.7 Å². The molecular formula is C12H13F3N2O. The highest BCUT2D eigenvalue weighted by molar-refractivity contribution is 5.38. The summed E-state index contributed by atoms with van der Waals surface area (Å²) in [6.45, 7) is 0. The van der Waals surface area contributed by atoms with Gasteiger partial charge in [-0.25, -0.2) is 0 Å². The number of ether oxygens (including phenoxy) is 1. The van der Waals surface area contributed by atoms with Gasteiger partial charge in [0.2, 0.25) is 0 Å². The lowest BCUT2D eigenvalue weighted by Crippen LogP contribution is -2.28. The summed E-state index contributed by atoms with van der Waals surface area (Å²) in [5.41, 5.74) is -0.145. The maximum Gasteiger partial charge on any atom is 0.391 e. The largest absolute Gasteiger partial charge is 0.499 e. The quantitative estimate of drug-likeness (QED) is 0.564. The van der Waals surface area contributed by atoms with Crippen LogP contribution in [-0.4, -0.2) is 13.3 Å². The van der Waals surface area contributed by atoms with Crippen LogP contribution in [0.3, 0.4) is 0 Å². The number of nitrogens with zero attached hydrogens (tertiary/aromatic N) is 2. The number of rotatable bonds is 2. The summed E-state index contributed by atoms with van der Waals surface area (Å²) in [5, 5.41) is 17.5. The predicted octanol–water partition coefficient (Wildman–Crippen LogP) is 3.30. The molecule has 0 aliphatic heterocycles. The standard InChI is InChI=1S/C12H13F3N2O/c1-18-11(9(6-16)7-17)8-2-4-10(5-3-8)12(13,14)15/h8,10H,2-5H2,1H3. The molecule has 0 bridgehead atoms. The molecule has 0 aromatic carbocycles. The van der Waals surface area contributed by atoms with Crippen LogP contribution in [0.25, 0.3) is 0 Å². The van der Waals surface area contributed by atoms with E-state index in [4.69, 9.17) is 15.3 Å². The van der Waals surface area contributed by atoms with Crippen molar-refractivity contribution in [2.75, 3.05) is 7.11 Å². The third-order valence-electron chi connectivity index (χ3n) is 3.25. The van der Waals surface area contributed by atoms with Crippen molar-refractivity contribution in [1.82, 2.24) is 0 Å². The topological polar surface area (TPSA) is 56.8 Å². The predicted molar refractivity (Wildman–Crippen MR) is 56.8 cm³/mol. The Kier molecular flexibility index (Phi) is 4.61. The second-order valence-corrected chi connectivity index (χ2v) is 4.26. The fourth-order valence-corrected chi connectivity index (χ4v) is 2.29. The Bertz CT molecular complexity index is 391. The normalized spacial score (nSPS) is 23.7. The number of methoxy groups -OCH3 is 1. The number of hydrogen-bond donors (Lipinski definition) is 0. The molecule has 98 valence electrons. The van der Waals surface area contributed by atoms with Gasteiger partial charge < -0.3 is 4.74 Å². The van der Waals surface area contributed by atoms with Crippen LogP contribution < -0.4 is 0 Å². The molecule has 6 heteroatoms. The van der Waals surface area contributed by atoms with Crippen LogP contribution >= 0.6 is 0 Å². The van der Waals surface area contributed by atoms with Gasteiger partial charge >= 0.3 is 6.18 Å². The van der Waals surface area contributed by atoms with Crippen molar-refractivity contribution in [3.05, 3.63) is 11.3 Å². The lowest BCUT2D eigenvalue weighted by atomic mass is 9.80. The highest BCUT2D eigenvalue weighted by atomic mass is 19.4. The van der Waals surface area contributed by atoms with Crippen LogP contribution in [0.1, 0.15) is 25.7 Å². The van der Waals surface area contributed by atoms with E-state index in [0.29, 0.717) is 12.8 Å². The Balaban J connectivity index is 2.77. The maximum atomic E-state index is 12.5. The Morgan fingerprint density at radius 1 is 1.11 bits per heavy atom. The minimum atomic E-state index is -4.16. The SMILES string of the molecule is COC(=C(C#N)C#N)C1CCC(C(F)(F)F)CC1. The van der Waals surface area contributed by atoms with Crippen LogP contribution in [0.15, 0.2) is 11.3 Å². The van der Waals surface area contributed by atoms with Gasteiger partial charge in [0.1, 0.15) is 17.9 Å². The Morgan fingerprint density at radius 3 is 1.94 bits per heavy atom. The van der Waals surface area contributed by atoms with Gasteiger partial charge in [0.25, 0.3) is 0 Å². The number of hydrogen-bond acceptors (Lipinski definition) is 3. The third-order valence-corrected chi connectivity index (χ3v) is 3.25. The molecule has 1 saturated carbocycles. The molecule has 0 saturated heterocycles. The fraction of sp³-hybridized carbons (Fsp3) is 0.667. The third kappa shape index (κ3) is 3.16. The summed E-state index contributed by atoms with van der Waals surface area (Å²) in [4.78, 5) is 0. The average molecular weight is 258 g/mol. The second-order valence-electron chi connectivity index (χ2n) is 4.26. The summed E-state index contributed by atoms with van der Waals surface area (Å²) in [7, 11) is 1.33. The van der Waals surface area contributed by atoms with Crippen LogP contribution in [0.4, 0.5) is 13.2 Å². The number of allylic oxidation sites excluding steroid dienone is 2. The lowest BCUT2D eigenvalue weighted by molar-refractivity contribution is -0.183. The smallest absolute Gasteiger partial charge is 0.391 e. The maximum absolute atomic E-state index is 12.5. The van der Waals surface area contributed by atoms with E-state index in [9.17, 15) is 13.2 Å². The van der Waals surface area contributed by atoms with E-state index in [1.807, 2.05) is 0 Å². The van der Waals surface area contributed by atoms with Gasteiger partial charge in [0.05, 0.1) is 13.0 Å². The molecule has 0 amide bonds. The zero-order valence-corrected chi connectivity index (χ0v) is 9.92. The number of nitriles is 2. The Hall–Kier alpha value is -1.69. The minimum absolute atomic E-state index is 0.0190. The van der Waals surface area contributed by atoms with Crippen molar-refractivity contribution in [3.63, 3.8) is 0 Å². The molecule has 0 atom stereocenters. The van der Waals surface area contributed by atoms with Crippen molar-refractivity contribution >= 4 is 0 Å². The molecule has 0 spiro atoms. The summed E-state index contributed by atoms with van der Waals surface area (Å²) in [5.74, 6) is -1.32. The summed E-state index contributed by atoms with van der Waals surface area (Å²) >= 11 is 0. The van der Waals surface area contributed by atoms with Crippen LogP contribution in [0.5, 0.6) is 0 Å². The molecule has 1 rings (SSSR count). The van der Waals surface area contributed by atoms with E-state index in [0.717, 1.165) is 0 Å². The van der Waals surface area contributed by atoms with Crippen molar-refractivity contribution in [1.29, 1.82) is 10.5 Å². The Labute approximate surface area is 103 Å². The molecule has 0 aromatic rings. The highest BCUT2D eigenvalue weighted by Crippen LogP contribution is 2.42. The van der Waals surface area contributed by atoms with E-state index in [1.54, 1.807) is 12.1 Å². The van der Waals surface area contributed by atoms with E-state index in [1.165, 1.54) is 7.11 Å². The monoisotopic (exact) mass is 258 g/mol. The summed E-state index contributed by atoms with van der Waals surface area (Å²) in [6.07, 6.45) is -3.54. The first-order valence-electron chi connectivity index (χ1n) is 5.59. The molecule has 0 N–H and O–H groups in total. The van der Waals surface area contributed by atoms with Crippen molar-refractivity contribution in [3.8, 4) is 12.1 Å². The van der Waals surface area contributed by atoms with Crippen molar-refractivity contribution < 1.29 is 17.9 Å². The van der Waals surface area contributed by atoms with Crippen LogP contribution in [0.2, 0.25) is 0 Å². The first-order valence-corrected chi connectivity index (χ1v) is 5.59. The molecule has 0 unspecified atom stereocenters. The van der Waals surface area contributed by atoms with Gasteiger partial charge in [0, 0.05) is 5.92 Å². The molecular weight excluding hydrogens is 245 g/mol. The molecule has 1 fully saturated rings. The van der Waals surface area contributed by atoms with Crippen LogP contribution in [-0.2, 0) is 4.74 Å². The first kappa shape index (κ1) is 14.4. The zero-order chi connectivity index (χ0) is 13.8. The number of halogens is 3. The zero-order valence-electron chi connectivity index (χ0n) is 9.92. The van der Waals surface area contributed by atoms with Crippen molar-refractivity contribution in [2.45, 2.75) is 31.9 Å². The van der Waals surface area contributed by atoms with E-state index >= 15 is 0 Å². The minimum Gasteiger partial charge on any atom is -0.499 e. The molecule has 0 aromatic heterocycles. The first-order chi connectivity index (χ1) is 8.43. The molecule has 0 radical (unpaired) electrons. The molecule has 1 aliphatic rings. The van der Waals surface area contributed by atoms with Crippen LogP contribution in [0, 0.1) is 34.5 Å². The van der Waals surface area contributed by atoms with Gasteiger partial charge in [-0.1, -0.05) is 0 Å². The average Bonchev–Trinajstić information content (AvgIpc) is 2.35. The van der Waals surface area contributed by atoms with Gasteiger partial charge in [-0.3, -0.25) is 0 Å². The second kappa shape index (κ2) is 5.77. The lowest BCUT2D eigenvalue weighted by Gasteiger charge is -2.30. The van der Waals surface area contributed by atoms with Gasteiger partial charge in [-0.05, 0) is 25.7 Å². The summed E-state index contributed by atoms with van der Waals surface area (Å²) < 4.78 is 42.5. The summed E-state index contributed by atoms with van der Waals surface area (Å²) in [6, 6.07) is 3.43. The Morgan fingerprint density at radius 2 is 1.61 bits per heavy atom. The van der Waals surface area contributed by atoms with E-state index in [2.05, 4.69) is 0 Å². The molecule has 1 aliphatic carbocycles. The number of alkyl halides is 3. The van der Waals surface area contributed by atoms with Gasteiger partial charge in [-0.15, -0.1) is 0 Å². The highest BCUT2D eigenvalue weighted by Gasteiger charge is 2.42. The molecule has 0 heterocycles. The van der Waals surface area contributed by atoms with E-state index in [-0.39, 0.29) is 30.1 Å². The molecule has 3 nitrogen and oxygen atoms in total.